The molecular formula is C26H28Br2N2O6. The fourth-order valence-corrected chi connectivity index (χ4v) is 4.65. The van der Waals surface area contributed by atoms with Crippen LogP contribution >= 0.6 is 31.9 Å². The predicted molar refractivity (Wildman–Crippen MR) is 140 cm³/mol. The number of nitrogens with zero attached hydrogens (tertiary/aromatic N) is 2. The molecule has 0 radical (unpaired) electrons. The molecule has 36 heavy (non-hydrogen) atoms. The third-order valence-corrected chi connectivity index (χ3v) is 7.20. The largest absolute Gasteiger partial charge is 0.391 e. The van der Waals surface area contributed by atoms with Crippen molar-refractivity contribution in [3.05, 3.63) is 68.6 Å². The summed E-state index contributed by atoms with van der Waals surface area (Å²) in [5.41, 5.74) is 3.90. The predicted octanol–water partition coefficient (Wildman–Crippen LogP) is 5.71. The number of oxime groups is 2. The second kappa shape index (κ2) is 12.6. The number of hydrogen-bond donors (Lipinski definition) is 0. The summed E-state index contributed by atoms with van der Waals surface area (Å²) >= 11 is 6.79. The molecule has 8 nitrogen and oxygen atoms in total. The zero-order valence-electron chi connectivity index (χ0n) is 19.7. The van der Waals surface area contributed by atoms with Crippen LogP contribution < -0.4 is 0 Å². The van der Waals surface area contributed by atoms with E-state index >= 15 is 0 Å². The highest BCUT2D eigenvalue weighted by Crippen LogP contribution is 2.26. The van der Waals surface area contributed by atoms with Crippen LogP contribution in [-0.4, -0.2) is 49.4 Å². The molecule has 4 heterocycles. The van der Waals surface area contributed by atoms with Crippen molar-refractivity contribution >= 4 is 43.3 Å². The van der Waals surface area contributed by atoms with E-state index < -0.39 is 0 Å². The second-order valence-corrected chi connectivity index (χ2v) is 10.7. The third-order valence-electron chi connectivity index (χ3n) is 6.14. The van der Waals surface area contributed by atoms with E-state index in [0.29, 0.717) is 26.4 Å². The minimum atomic E-state index is -0.284. The Bertz CT molecular complexity index is 978. The van der Waals surface area contributed by atoms with Gasteiger partial charge < -0.3 is 28.6 Å². The van der Waals surface area contributed by atoms with Gasteiger partial charge in [0, 0.05) is 8.95 Å². The molecule has 0 aromatic heterocycles. The van der Waals surface area contributed by atoms with Crippen molar-refractivity contribution in [3.8, 4) is 0 Å². The Hall–Kier alpha value is -1.82. The average Bonchev–Trinajstić information content (AvgIpc) is 3.48. The van der Waals surface area contributed by atoms with Crippen LogP contribution in [0.15, 0.2) is 67.8 Å². The first-order valence-corrected chi connectivity index (χ1v) is 13.6. The number of rotatable bonds is 6. The molecule has 4 saturated heterocycles. The summed E-state index contributed by atoms with van der Waals surface area (Å²) in [6, 6.07) is 16.0. The van der Waals surface area contributed by atoms with Crippen LogP contribution in [0.2, 0.25) is 0 Å². The van der Waals surface area contributed by atoms with Gasteiger partial charge in [0.25, 0.3) is 0 Å². The topological polar surface area (TPSA) is 80.1 Å². The standard InChI is InChI=1S/2C13H14BrNO3/c2*14-10-3-1-9(2-4-10)7-17-15-12-6-5-11-8-16-13(12)18-11/h2*1-4,11,13H,5-8H2/b2*15-12+/t2*11-,13+/m00/s1. The molecule has 4 fully saturated rings. The minimum Gasteiger partial charge on any atom is -0.391 e. The maximum absolute atomic E-state index is 5.59. The molecule has 4 bridgehead atoms. The van der Waals surface area contributed by atoms with Crippen molar-refractivity contribution in [3.63, 3.8) is 0 Å². The summed E-state index contributed by atoms with van der Waals surface area (Å²) in [7, 11) is 0. The lowest BCUT2D eigenvalue weighted by molar-refractivity contribution is -0.0212. The van der Waals surface area contributed by atoms with E-state index in [1.807, 2.05) is 48.5 Å². The van der Waals surface area contributed by atoms with Crippen LogP contribution in [-0.2, 0) is 41.8 Å². The Balaban J connectivity index is 0.000000148. The van der Waals surface area contributed by atoms with Crippen LogP contribution in [0.1, 0.15) is 36.8 Å². The molecule has 0 amide bonds. The molecule has 10 heteroatoms. The van der Waals surface area contributed by atoms with Gasteiger partial charge in [0.15, 0.2) is 0 Å². The van der Waals surface area contributed by atoms with Gasteiger partial charge in [0.2, 0.25) is 12.6 Å². The normalized spacial score (nSPS) is 28.6. The summed E-state index contributed by atoms with van der Waals surface area (Å²) in [5, 5.41) is 8.27. The van der Waals surface area contributed by atoms with Crippen molar-refractivity contribution in [1.29, 1.82) is 0 Å². The second-order valence-electron chi connectivity index (χ2n) is 8.89. The molecule has 0 unspecified atom stereocenters. The Morgan fingerprint density at radius 1 is 0.667 bits per heavy atom. The van der Waals surface area contributed by atoms with Crippen LogP contribution in [0.4, 0.5) is 0 Å². The summed E-state index contributed by atoms with van der Waals surface area (Å²) in [5.74, 6) is 0. The molecule has 192 valence electrons. The summed E-state index contributed by atoms with van der Waals surface area (Å²) in [4.78, 5) is 10.7. The fraction of sp³-hybridized carbons (Fsp3) is 0.462. The number of fused-ring (bicyclic) bond motifs is 4. The van der Waals surface area contributed by atoms with E-state index in [0.717, 1.165) is 57.2 Å². The summed E-state index contributed by atoms with van der Waals surface area (Å²) in [6.07, 6.45) is 3.67. The quantitative estimate of drug-likeness (QED) is 0.383. The highest BCUT2D eigenvalue weighted by molar-refractivity contribution is 9.10. The molecule has 4 aliphatic heterocycles. The molecule has 0 aliphatic carbocycles. The molecule has 4 aliphatic rings. The van der Waals surface area contributed by atoms with Crippen molar-refractivity contribution in [1.82, 2.24) is 0 Å². The van der Waals surface area contributed by atoms with Gasteiger partial charge in [-0.1, -0.05) is 66.4 Å². The maximum Gasteiger partial charge on any atom is 0.200 e. The SMILES string of the molecule is Brc1ccc(CO/N=C2\CC[C@H]3CO[C@@H]2O3)cc1.Brc1ccc(CO/N=C2\CC[C@H]3CO[C@@H]2O3)cc1. The monoisotopic (exact) mass is 622 g/mol. The maximum atomic E-state index is 5.59. The lowest BCUT2D eigenvalue weighted by atomic mass is 10.1. The van der Waals surface area contributed by atoms with Gasteiger partial charge in [-0.3, -0.25) is 0 Å². The first-order valence-electron chi connectivity index (χ1n) is 12.0. The van der Waals surface area contributed by atoms with E-state index in [4.69, 9.17) is 28.6 Å². The van der Waals surface area contributed by atoms with Gasteiger partial charge in [-0.2, -0.15) is 0 Å². The highest BCUT2D eigenvalue weighted by Gasteiger charge is 2.36. The zero-order chi connectivity index (χ0) is 24.7. The Kier molecular flexibility index (Phi) is 9.05. The van der Waals surface area contributed by atoms with Gasteiger partial charge in [0.05, 0.1) is 25.4 Å². The third kappa shape index (κ3) is 7.14. The van der Waals surface area contributed by atoms with Gasteiger partial charge in [0.1, 0.15) is 24.6 Å². The molecule has 0 spiro atoms. The molecule has 0 saturated carbocycles. The zero-order valence-corrected chi connectivity index (χ0v) is 22.9. The number of ether oxygens (including phenoxy) is 4. The Morgan fingerprint density at radius 2 is 1.08 bits per heavy atom. The van der Waals surface area contributed by atoms with E-state index in [-0.39, 0.29) is 24.8 Å². The van der Waals surface area contributed by atoms with Crippen molar-refractivity contribution < 1.29 is 28.6 Å². The van der Waals surface area contributed by atoms with E-state index in [1.54, 1.807) is 0 Å². The van der Waals surface area contributed by atoms with Gasteiger partial charge >= 0.3 is 0 Å². The molecule has 4 atom stereocenters. The van der Waals surface area contributed by atoms with E-state index in [2.05, 4.69) is 42.2 Å². The fourth-order valence-electron chi connectivity index (χ4n) is 4.12. The smallest absolute Gasteiger partial charge is 0.200 e. The van der Waals surface area contributed by atoms with E-state index in [1.165, 1.54) is 0 Å². The molecule has 2 aromatic carbocycles. The lowest BCUT2D eigenvalue weighted by Crippen LogP contribution is -2.28. The summed E-state index contributed by atoms with van der Waals surface area (Å²) < 4.78 is 24.2. The van der Waals surface area contributed by atoms with Crippen LogP contribution in [0.5, 0.6) is 0 Å². The summed E-state index contributed by atoms with van der Waals surface area (Å²) in [6.45, 7) is 2.28. The number of benzene rings is 2. The van der Waals surface area contributed by atoms with Crippen molar-refractivity contribution in [2.24, 2.45) is 10.3 Å². The first kappa shape index (κ1) is 25.8. The molecule has 0 N–H and O–H groups in total. The Morgan fingerprint density at radius 3 is 1.50 bits per heavy atom. The molecule has 2 aromatic rings. The van der Waals surface area contributed by atoms with Crippen LogP contribution in [0.25, 0.3) is 0 Å². The molecular weight excluding hydrogens is 596 g/mol. The average molecular weight is 624 g/mol. The molecule has 6 rings (SSSR count). The number of halogens is 2. The van der Waals surface area contributed by atoms with Gasteiger partial charge in [-0.25, -0.2) is 0 Å². The first-order chi connectivity index (χ1) is 17.6. The van der Waals surface area contributed by atoms with Gasteiger partial charge in [-0.05, 0) is 61.1 Å². The highest BCUT2D eigenvalue weighted by atomic mass is 79.9. The Labute approximate surface area is 227 Å². The van der Waals surface area contributed by atoms with Crippen molar-refractivity contribution in [2.45, 2.75) is 63.7 Å². The van der Waals surface area contributed by atoms with E-state index in [9.17, 15) is 0 Å². The van der Waals surface area contributed by atoms with Crippen LogP contribution in [0.3, 0.4) is 0 Å². The van der Waals surface area contributed by atoms with Crippen LogP contribution in [0, 0.1) is 0 Å². The minimum absolute atomic E-state index is 0.250. The lowest BCUT2D eigenvalue weighted by Gasteiger charge is -2.18. The van der Waals surface area contributed by atoms with Crippen molar-refractivity contribution in [2.75, 3.05) is 13.2 Å². The van der Waals surface area contributed by atoms with Gasteiger partial charge in [-0.15, -0.1) is 0 Å². The number of hydrogen-bond acceptors (Lipinski definition) is 8.